The van der Waals surface area contributed by atoms with Crippen LogP contribution < -0.4 is 0 Å². The molecule has 0 saturated carbocycles. The highest BCUT2D eigenvalue weighted by molar-refractivity contribution is 8.25. The molecule has 1 fully saturated rings. The molecule has 0 aromatic heterocycles. The van der Waals surface area contributed by atoms with Gasteiger partial charge in [0.1, 0.15) is 0 Å². The average Bonchev–Trinajstić information content (AvgIpc) is 3.04. The average molecular weight is 407 g/mol. The van der Waals surface area contributed by atoms with Gasteiger partial charge >= 0.3 is 0 Å². The van der Waals surface area contributed by atoms with E-state index in [2.05, 4.69) is 106 Å². The third-order valence-corrected chi connectivity index (χ3v) is 11.8. The second-order valence-electron chi connectivity index (χ2n) is 8.12. The minimum Gasteiger partial charge on any atom is -0.142 e. The molecule has 1 saturated heterocycles. The molecule has 1 aliphatic carbocycles. The van der Waals surface area contributed by atoms with E-state index < -0.39 is 0 Å². The summed E-state index contributed by atoms with van der Waals surface area (Å²) in [6.07, 6.45) is 7.22. The molecule has 2 aliphatic heterocycles. The van der Waals surface area contributed by atoms with Crippen LogP contribution in [0.5, 0.6) is 0 Å². The van der Waals surface area contributed by atoms with E-state index in [1.165, 1.54) is 15.4 Å². The number of allylic oxidation sites excluding steroid dienone is 1. The topological polar surface area (TPSA) is 0 Å². The van der Waals surface area contributed by atoms with Crippen molar-refractivity contribution in [2.24, 2.45) is 11.3 Å². The van der Waals surface area contributed by atoms with Crippen LogP contribution in [0.2, 0.25) is 0 Å². The molecule has 25 heavy (non-hydrogen) atoms. The van der Waals surface area contributed by atoms with E-state index in [-0.39, 0.29) is 9.49 Å². The van der Waals surface area contributed by atoms with Gasteiger partial charge in [0, 0.05) is 26.2 Å². The molecule has 1 aromatic carbocycles. The Morgan fingerprint density at radius 2 is 1.76 bits per heavy atom. The molecule has 0 amide bonds. The summed E-state index contributed by atoms with van der Waals surface area (Å²) in [6, 6.07) is 9.19. The molecule has 2 heterocycles. The van der Waals surface area contributed by atoms with Crippen molar-refractivity contribution in [2.45, 2.75) is 42.3 Å². The Balaban J connectivity index is 1.86. The Kier molecular flexibility index (Phi) is 4.67. The van der Waals surface area contributed by atoms with E-state index in [0.29, 0.717) is 16.4 Å². The van der Waals surface area contributed by atoms with Crippen LogP contribution in [0.4, 0.5) is 0 Å². The lowest BCUT2D eigenvalue weighted by molar-refractivity contribution is 0.494. The van der Waals surface area contributed by atoms with Gasteiger partial charge in [-0.1, -0.05) is 62.2 Å². The zero-order valence-electron chi connectivity index (χ0n) is 15.8. The number of thioether (sulfide) groups is 4. The Morgan fingerprint density at radius 1 is 1.08 bits per heavy atom. The lowest BCUT2D eigenvalue weighted by Gasteiger charge is -2.41. The van der Waals surface area contributed by atoms with Crippen LogP contribution in [0.3, 0.4) is 0 Å². The quantitative estimate of drug-likeness (QED) is 0.499. The maximum atomic E-state index is 2.65. The Hall–Kier alpha value is 0.1000. The van der Waals surface area contributed by atoms with Crippen LogP contribution in [-0.4, -0.2) is 27.1 Å². The normalized spacial score (nSPS) is 33.8. The maximum Gasteiger partial charge on any atom is 0.0958 e. The third-order valence-electron chi connectivity index (χ3n) is 5.55. The van der Waals surface area contributed by atoms with Gasteiger partial charge in [0.05, 0.1) is 4.08 Å². The first kappa shape index (κ1) is 18.5. The fraction of sp³-hybridized carbons (Fsp3) is 0.524. The minimum absolute atomic E-state index is 0.183. The largest absolute Gasteiger partial charge is 0.142 e. The summed E-state index contributed by atoms with van der Waals surface area (Å²) >= 11 is 8.41. The van der Waals surface area contributed by atoms with E-state index in [4.69, 9.17) is 0 Å². The first-order valence-electron chi connectivity index (χ1n) is 8.79. The molecule has 4 bridgehead atoms. The van der Waals surface area contributed by atoms with Crippen molar-refractivity contribution in [2.75, 3.05) is 12.5 Å². The number of benzene rings is 1. The summed E-state index contributed by atoms with van der Waals surface area (Å²) < 4.78 is 1.72. The summed E-state index contributed by atoms with van der Waals surface area (Å²) in [6.45, 7) is 9.31. The lowest BCUT2D eigenvalue weighted by Crippen LogP contribution is -2.34. The van der Waals surface area contributed by atoms with Gasteiger partial charge in [-0.2, -0.15) is 0 Å². The monoisotopic (exact) mass is 406 g/mol. The van der Waals surface area contributed by atoms with Gasteiger partial charge in [-0.25, -0.2) is 0 Å². The Bertz CT molecular complexity index is 753. The van der Waals surface area contributed by atoms with Crippen molar-refractivity contribution in [3.63, 3.8) is 0 Å². The smallest absolute Gasteiger partial charge is 0.0958 e. The molecule has 4 atom stereocenters. The third kappa shape index (κ3) is 2.69. The molecule has 4 heteroatoms. The van der Waals surface area contributed by atoms with Crippen molar-refractivity contribution in [3.05, 3.63) is 51.3 Å². The van der Waals surface area contributed by atoms with Crippen LogP contribution in [0.1, 0.15) is 31.9 Å². The number of aryl methyl sites for hydroxylation is 1. The second kappa shape index (κ2) is 6.32. The maximum absolute atomic E-state index is 2.65. The van der Waals surface area contributed by atoms with Crippen molar-refractivity contribution in [1.29, 1.82) is 0 Å². The van der Waals surface area contributed by atoms with E-state index >= 15 is 0 Å². The fourth-order valence-electron chi connectivity index (χ4n) is 4.31. The van der Waals surface area contributed by atoms with Crippen molar-refractivity contribution < 1.29 is 0 Å². The predicted molar refractivity (Wildman–Crippen MR) is 122 cm³/mol. The van der Waals surface area contributed by atoms with Gasteiger partial charge in [0.25, 0.3) is 0 Å². The molecule has 3 aliphatic rings. The zero-order valence-corrected chi connectivity index (χ0v) is 19.0. The van der Waals surface area contributed by atoms with Gasteiger partial charge < -0.3 is 0 Å². The first-order chi connectivity index (χ1) is 11.8. The van der Waals surface area contributed by atoms with E-state index in [1.54, 1.807) is 11.1 Å². The lowest BCUT2D eigenvalue weighted by atomic mass is 9.85. The van der Waals surface area contributed by atoms with Gasteiger partial charge in [0.2, 0.25) is 0 Å². The van der Waals surface area contributed by atoms with Gasteiger partial charge in [-0.15, -0.1) is 47.0 Å². The van der Waals surface area contributed by atoms with Crippen LogP contribution in [-0.2, 0) is 0 Å². The fourth-order valence-corrected chi connectivity index (χ4v) is 11.2. The molecule has 0 nitrogen and oxygen atoms in total. The molecule has 134 valence electrons. The molecular weight excluding hydrogens is 380 g/mol. The number of rotatable bonds is 3. The Morgan fingerprint density at radius 3 is 2.32 bits per heavy atom. The van der Waals surface area contributed by atoms with Crippen molar-refractivity contribution >= 4 is 52.6 Å². The Labute approximate surface area is 169 Å². The van der Waals surface area contributed by atoms with Crippen molar-refractivity contribution in [3.8, 4) is 0 Å². The summed E-state index contributed by atoms with van der Waals surface area (Å²) in [7, 11) is 0. The number of hydrogen-bond acceptors (Lipinski definition) is 4. The second-order valence-corrected chi connectivity index (χ2v) is 13.1. The summed E-state index contributed by atoms with van der Waals surface area (Å²) in [5, 5.41) is 1.37. The molecule has 1 aromatic rings. The highest BCUT2D eigenvalue weighted by Crippen LogP contribution is 2.74. The molecule has 4 unspecified atom stereocenters. The van der Waals surface area contributed by atoms with Crippen LogP contribution in [0.15, 0.2) is 40.2 Å². The predicted octanol–water partition coefficient (Wildman–Crippen LogP) is 6.92. The van der Waals surface area contributed by atoms with E-state index in [0.717, 1.165) is 0 Å². The zero-order chi connectivity index (χ0) is 18.0. The molecule has 0 radical (unpaired) electrons. The molecule has 4 rings (SSSR count). The highest BCUT2D eigenvalue weighted by Gasteiger charge is 2.64. The molecular formula is C21H26S4. The SMILES string of the molecule is CSC1=C(c2ccc(C)cc2)C2(SC)SC3C(C(C)(C)C)=CC2C3S1. The molecule has 0 N–H and O–H groups in total. The number of hydrogen-bond donors (Lipinski definition) is 0. The van der Waals surface area contributed by atoms with Crippen LogP contribution in [0, 0.1) is 18.3 Å². The standard InChI is InChI=1S/C21H26S4/c1-12-7-9-13(10-8-12)16-19(22-5)24-17-15-11-14(20(2,3)4)18(17)25-21(15,16)23-6/h7-11,15,17-18H,1-6H3. The van der Waals surface area contributed by atoms with Gasteiger partial charge in [-0.05, 0) is 30.4 Å². The molecule has 0 spiro atoms. The summed E-state index contributed by atoms with van der Waals surface area (Å²) in [5.41, 5.74) is 6.29. The van der Waals surface area contributed by atoms with E-state index in [9.17, 15) is 0 Å². The summed E-state index contributed by atoms with van der Waals surface area (Å²) in [5.74, 6) is 0.643. The summed E-state index contributed by atoms with van der Waals surface area (Å²) in [4.78, 5) is 0. The van der Waals surface area contributed by atoms with Gasteiger partial charge in [-0.3, -0.25) is 0 Å². The van der Waals surface area contributed by atoms with Crippen LogP contribution in [0.25, 0.3) is 5.57 Å². The van der Waals surface area contributed by atoms with E-state index in [1.807, 2.05) is 11.8 Å². The van der Waals surface area contributed by atoms with Gasteiger partial charge in [0.15, 0.2) is 0 Å². The van der Waals surface area contributed by atoms with Crippen LogP contribution >= 0.6 is 47.0 Å². The first-order valence-corrected chi connectivity index (χ1v) is 13.0. The minimum atomic E-state index is 0.183. The highest BCUT2D eigenvalue weighted by atomic mass is 32.2. The van der Waals surface area contributed by atoms with Crippen molar-refractivity contribution in [1.82, 2.24) is 0 Å².